The molecule has 0 aliphatic heterocycles. The Bertz CT molecular complexity index is 771. The summed E-state index contributed by atoms with van der Waals surface area (Å²) < 4.78 is 4.69. The smallest absolute Gasteiger partial charge is 0.339 e. The summed E-state index contributed by atoms with van der Waals surface area (Å²) in [5, 5.41) is 13.4. The Hall–Kier alpha value is -3.22. The second-order valence-electron chi connectivity index (χ2n) is 5.10. The van der Waals surface area contributed by atoms with E-state index in [1.807, 2.05) is 0 Å². The van der Waals surface area contributed by atoms with E-state index >= 15 is 0 Å². The van der Waals surface area contributed by atoms with Gasteiger partial charge in [-0.25, -0.2) is 4.79 Å². The van der Waals surface area contributed by atoms with E-state index in [2.05, 4.69) is 10.1 Å². The first-order chi connectivity index (χ1) is 11.4. The number of hydrogen-bond acceptors (Lipinski definition) is 5. The number of esters is 1. The van der Waals surface area contributed by atoms with Crippen molar-refractivity contribution in [2.75, 3.05) is 12.4 Å². The minimum absolute atomic E-state index is 0.0394. The number of methoxy groups -OCH3 is 1. The number of nitro groups is 1. The molecule has 0 radical (unpaired) electrons. The van der Waals surface area contributed by atoms with Gasteiger partial charge in [-0.05, 0) is 24.6 Å². The fourth-order valence-corrected chi connectivity index (χ4v) is 2.16. The summed E-state index contributed by atoms with van der Waals surface area (Å²) in [7, 11) is 1.26. The highest BCUT2D eigenvalue weighted by molar-refractivity contribution is 6.03. The lowest BCUT2D eigenvalue weighted by atomic mass is 9.99. The molecule has 0 fully saturated rings. The number of non-ortho nitro benzene ring substituents is 1. The fraction of sp³-hybridized carbons (Fsp3) is 0.176. The van der Waals surface area contributed by atoms with Crippen LogP contribution in [0.1, 0.15) is 28.8 Å². The molecule has 2 aromatic rings. The van der Waals surface area contributed by atoms with E-state index in [0.717, 1.165) is 0 Å². The molecular formula is C17H16N2O5. The molecule has 0 aliphatic carbocycles. The Labute approximate surface area is 138 Å². The van der Waals surface area contributed by atoms with Gasteiger partial charge in [0.2, 0.25) is 5.91 Å². The van der Waals surface area contributed by atoms with Crippen LogP contribution in [0.2, 0.25) is 0 Å². The number of carbonyl (C=O) groups excluding carboxylic acids is 2. The number of hydrogen-bond donors (Lipinski definition) is 1. The largest absolute Gasteiger partial charge is 0.465 e. The number of para-hydroxylation sites is 1. The van der Waals surface area contributed by atoms with Crippen LogP contribution in [0.25, 0.3) is 0 Å². The Balaban J connectivity index is 2.18. The van der Waals surface area contributed by atoms with Crippen molar-refractivity contribution in [2.45, 2.75) is 12.8 Å². The summed E-state index contributed by atoms with van der Waals surface area (Å²) in [5.74, 6) is -1.43. The molecule has 1 N–H and O–H groups in total. The van der Waals surface area contributed by atoms with Crippen LogP contribution < -0.4 is 5.32 Å². The first-order valence-corrected chi connectivity index (χ1v) is 7.16. The van der Waals surface area contributed by atoms with Crippen molar-refractivity contribution >= 4 is 23.3 Å². The lowest BCUT2D eigenvalue weighted by Gasteiger charge is -2.14. The molecule has 124 valence electrons. The highest BCUT2D eigenvalue weighted by Gasteiger charge is 2.19. The van der Waals surface area contributed by atoms with Gasteiger partial charge in [0.25, 0.3) is 5.69 Å². The maximum absolute atomic E-state index is 12.4. The minimum Gasteiger partial charge on any atom is -0.465 e. The third-order valence-electron chi connectivity index (χ3n) is 3.59. The molecule has 0 saturated carbocycles. The first-order valence-electron chi connectivity index (χ1n) is 7.16. The van der Waals surface area contributed by atoms with Crippen LogP contribution in [0.4, 0.5) is 11.4 Å². The quantitative estimate of drug-likeness (QED) is 0.516. The summed E-state index contributed by atoms with van der Waals surface area (Å²) >= 11 is 0. The molecule has 2 aromatic carbocycles. The van der Waals surface area contributed by atoms with Gasteiger partial charge in [-0.1, -0.05) is 24.3 Å². The number of nitrogens with zero attached hydrogens (tertiary/aromatic N) is 1. The van der Waals surface area contributed by atoms with Gasteiger partial charge in [-0.15, -0.1) is 0 Å². The van der Waals surface area contributed by atoms with Crippen molar-refractivity contribution < 1.29 is 19.2 Å². The van der Waals surface area contributed by atoms with Gasteiger partial charge < -0.3 is 10.1 Å². The highest BCUT2D eigenvalue weighted by Crippen LogP contribution is 2.22. The SMILES string of the molecule is COC(=O)c1ccccc1NC(=O)[C@H](C)c1ccc([N+](=O)[O-])cc1. The van der Waals surface area contributed by atoms with Crippen molar-refractivity contribution in [3.05, 3.63) is 69.8 Å². The molecule has 0 bridgehead atoms. The van der Waals surface area contributed by atoms with Crippen LogP contribution in [0.3, 0.4) is 0 Å². The van der Waals surface area contributed by atoms with Gasteiger partial charge in [0.05, 0.1) is 29.2 Å². The number of carbonyl (C=O) groups is 2. The number of nitrogens with one attached hydrogen (secondary N) is 1. The predicted molar refractivity (Wildman–Crippen MR) is 87.9 cm³/mol. The third kappa shape index (κ3) is 3.75. The van der Waals surface area contributed by atoms with Crippen LogP contribution in [-0.2, 0) is 9.53 Å². The number of ether oxygens (including phenoxy) is 1. The molecule has 7 heteroatoms. The summed E-state index contributed by atoms with van der Waals surface area (Å²) in [5.41, 5.74) is 1.20. The zero-order valence-corrected chi connectivity index (χ0v) is 13.2. The van der Waals surface area contributed by atoms with E-state index in [-0.39, 0.29) is 17.2 Å². The molecule has 0 saturated heterocycles. The van der Waals surface area contributed by atoms with E-state index in [9.17, 15) is 19.7 Å². The summed E-state index contributed by atoms with van der Waals surface area (Å²) in [6.07, 6.45) is 0. The van der Waals surface area contributed by atoms with Crippen molar-refractivity contribution in [2.24, 2.45) is 0 Å². The van der Waals surface area contributed by atoms with Gasteiger partial charge >= 0.3 is 5.97 Å². The maximum atomic E-state index is 12.4. The summed E-state index contributed by atoms with van der Waals surface area (Å²) in [6, 6.07) is 12.3. The topological polar surface area (TPSA) is 98.5 Å². The standard InChI is InChI=1S/C17H16N2O5/c1-11(12-7-9-13(10-8-12)19(22)23)16(20)18-15-6-4-3-5-14(15)17(21)24-2/h3-11H,1-2H3,(H,18,20)/t11-/m1/s1. The van der Waals surface area contributed by atoms with E-state index in [1.54, 1.807) is 31.2 Å². The third-order valence-corrected chi connectivity index (χ3v) is 3.59. The van der Waals surface area contributed by atoms with E-state index in [0.29, 0.717) is 11.3 Å². The number of benzene rings is 2. The Kier molecular flexibility index (Phi) is 5.26. The van der Waals surface area contributed by atoms with Crippen LogP contribution >= 0.6 is 0 Å². The number of rotatable bonds is 5. The fourth-order valence-electron chi connectivity index (χ4n) is 2.16. The second kappa shape index (κ2) is 7.36. The Morgan fingerprint density at radius 1 is 1.12 bits per heavy atom. The maximum Gasteiger partial charge on any atom is 0.339 e. The average Bonchev–Trinajstić information content (AvgIpc) is 2.60. The van der Waals surface area contributed by atoms with Gasteiger partial charge in [-0.3, -0.25) is 14.9 Å². The molecule has 0 aromatic heterocycles. The van der Waals surface area contributed by atoms with Crippen LogP contribution in [0.5, 0.6) is 0 Å². The van der Waals surface area contributed by atoms with Crippen LogP contribution in [0.15, 0.2) is 48.5 Å². The minimum atomic E-state index is -0.547. The Morgan fingerprint density at radius 3 is 2.33 bits per heavy atom. The molecule has 2 rings (SSSR count). The van der Waals surface area contributed by atoms with Gasteiger partial charge in [0.1, 0.15) is 0 Å². The molecular weight excluding hydrogens is 312 g/mol. The van der Waals surface area contributed by atoms with E-state index < -0.39 is 16.8 Å². The zero-order chi connectivity index (χ0) is 17.7. The molecule has 0 aliphatic rings. The van der Waals surface area contributed by atoms with Crippen molar-refractivity contribution in [3.8, 4) is 0 Å². The van der Waals surface area contributed by atoms with E-state index in [4.69, 9.17) is 0 Å². The lowest BCUT2D eigenvalue weighted by molar-refractivity contribution is -0.384. The molecule has 24 heavy (non-hydrogen) atoms. The molecule has 0 spiro atoms. The normalized spacial score (nSPS) is 11.4. The molecule has 1 amide bonds. The van der Waals surface area contributed by atoms with Crippen molar-refractivity contribution in [1.82, 2.24) is 0 Å². The van der Waals surface area contributed by atoms with Gasteiger partial charge in [0, 0.05) is 12.1 Å². The molecule has 7 nitrogen and oxygen atoms in total. The van der Waals surface area contributed by atoms with Crippen LogP contribution in [-0.4, -0.2) is 23.9 Å². The molecule has 0 unspecified atom stereocenters. The average molecular weight is 328 g/mol. The summed E-state index contributed by atoms with van der Waals surface area (Å²) in [6.45, 7) is 1.68. The number of nitro benzene ring substituents is 1. The van der Waals surface area contributed by atoms with E-state index in [1.165, 1.54) is 31.4 Å². The van der Waals surface area contributed by atoms with Crippen molar-refractivity contribution in [3.63, 3.8) is 0 Å². The summed E-state index contributed by atoms with van der Waals surface area (Å²) in [4.78, 5) is 34.3. The number of anilines is 1. The second-order valence-corrected chi connectivity index (χ2v) is 5.10. The molecule has 0 heterocycles. The van der Waals surface area contributed by atoms with Crippen molar-refractivity contribution in [1.29, 1.82) is 0 Å². The molecule has 1 atom stereocenters. The highest BCUT2D eigenvalue weighted by atomic mass is 16.6. The number of amides is 1. The van der Waals surface area contributed by atoms with Gasteiger partial charge in [-0.2, -0.15) is 0 Å². The van der Waals surface area contributed by atoms with Gasteiger partial charge in [0.15, 0.2) is 0 Å². The Morgan fingerprint density at radius 2 is 1.75 bits per heavy atom. The van der Waals surface area contributed by atoms with Crippen LogP contribution in [0, 0.1) is 10.1 Å². The lowest BCUT2D eigenvalue weighted by Crippen LogP contribution is -2.20. The zero-order valence-electron chi connectivity index (χ0n) is 13.2. The first kappa shape index (κ1) is 17.1. The monoisotopic (exact) mass is 328 g/mol. The predicted octanol–water partition coefficient (Wildman–Crippen LogP) is 3.12.